The van der Waals surface area contributed by atoms with E-state index in [0.717, 1.165) is 32.1 Å². The third-order valence-corrected chi connectivity index (χ3v) is 7.05. The van der Waals surface area contributed by atoms with Gasteiger partial charge < -0.3 is 30.4 Å². The lowest BCUT2D eigenvalue weighted by Crippen LogP contribution is -2.51. The molecule has 3 aromatic rings. The monoisotopic (exact) mass is 481 g/mol. The Kier molecular flexibility index (Phi) is 6.44. The molecule has 2 aliphatic rings. The number of rotatable bonds is 7. The Hall–Kier alpha value is -3.44. The van der Waals surface area contributed by atoms with Crippen molar-refractivity contribution in [3.8, 4) is 0 Å². The highest BCUT2D eigenvalue weighted by Gasteiger charge is 2.33. The molecule has 35 heavy (non-hydrogen) atoms. The third-order valence-electron chi connectivity index (χ3n) is 7.05. The summed E-state index contributed by atoms with van der Waals surface area (Å²) in [6.07, 6.45) is 7.75. The highest BCUT2D eigenvalue weighted by molar-refractivity contribution is 6.00. The number of methoxy groups -OCH3 is 1. The van der Waals surface area contributed by atoms with E-state index < -0.39 is 0 Å². The Morgan fingerprint density at radius 2 is 2.11 bits per heavy atom. The molecule has 0 aliphatic heterocycles. The lowest BCUT2D eigenvalue weighted by Gasteiger charge is -2.35. The molecular weight excluding hydrogens is 450 g/mol. The Labute approximate surface area is 202 Å². The molecule has 11 nitrogen and oxygen atoms in total. The van der Waals surface area contributed by atoms with Crippen molar-refractivity contribution in [2.75, 3.05) is 24.8 Å². The van der Waals surface area contributed by atoms with E-state index in [1.807, 2.05) is 6.07 Å². The summed E-state index contributed by atoms with van der Waals surface area (Å²) in [5.41, 5.74) is 0.904. The van der Waals surface area contributed by atoms with E-state index in [9.17, 15) is 14.7 Å². The number of anilines is 3. The van der Waals surface area contributed by atoms with Crippen molar-refractivity contribution in [1.82, 2.24) is 24.5 Å². The molecule has 3 aromatic heterocycles. The van der Waals surface area contributed by atoms with Gasteiger partial charge in [0.15, 0.2) is 5.65 Å². The number of amides is 1. The van der Waals surface area contributed by atoms with Gasteiger partial charge in [0.25, 0.3) is 11.5 Å². The number of fused-ring (bicyclic) bond motifs is 1. The molecule has 3 heterocycles. The molecule has 0 radical (unpaired) electrons. The number of carbonyl (C=O) groups excluding carboxylic acids is 1. The van der Waals surface area contributed by atoms with E-state index >= 15 is 0 Å². The molecule has 0 saturated heterocycles. The predicted octanol–water partition coefficient (Wildman–Crippen LogP) is 2.06. The second kappa shape index (κ2) is 9.67. The summed E-state index contributed by atoms with van der Waals surface area (Å²) < 4.78 is 8.62. The first-order chi connectivity index (χ1) is 17.0. The molecule has 2 aliphatic carbocycles. The topological polar surface area (TPSA) is 135 Å². The van der Waals surface area contributed by atoms with Crippen LogP contribution >= 0.6 is 0 Å². The SMILES string of the molecule is CNc1cc(Nc2cccn(C3CCC[C@H](O)C3)c2=O)nc2c(C(=O)N[C@@H]3CC[C@H]3OC)cnn12. The Bertz CT molecular complexity index is 1280. The summed E-state index contributed by atoms with van der Waals surface area (Å²) in [5.74, 6) is 0.756. The van der Waals surface area contributed by atoms with Gasteiger partial charge in [-0.15, -0.1) is 0 Å². The van der Waals surface area contributed by atoms with E-state index in [1.165, 1.54) is 6.20 Å². The maximum Gasteiger partial charge on any atom is 0.274 e. The van der Waals surface area contributed by atoms with Crippen LogP contribution in [0.25, 0.3) is 5.65 Å². The van der Waals surface area contributed by atoms with Gasteiger partial charge in [-0.25, -0.2) is 4.98 Å². The summed E-state index contributed by atoms with van der Waals surface area (Å²) in [4.78, 5) is 30.8. The van der Waals surface area contributed by atoms with Crippen molar-refractivity contribution in [1.29, 1.82) is 0 Å². The van der Waals surface area contributed by atoms with Crippen molar-refractivity contribution in [2.24, 2.45) is 0 Å². The van der Waals surface area contributed by atoms with Crippen LogP contribution in [-0.2, 0) is 4.74 Å². The fourth-order valence-corrected chi connectivity index (χ4v) is 4.95. The zero-order valence-electron chi connectivity index (χ0n) is 19.9. The summed E-state index contributed by atoms with van der Waals surface area (Å²) in [5, 5.41) is 23.6. The van der Waals surface area contributed by atoms with E-state index in [2.05, 4.69) is 26.0 Å². The number of nitrogens with zero attached hydrogens (tertiary/aromatic N) is 4. The average molecular weight is 482 g/mol. The summed E-state index contributed by atoms with van der Waals surface area (Å²) >= 11 is 0. The van der Waals surface area contributed by atoms with Gasteiger partial charge in [0.1, 0.15) is 22.9 Å². The van der Waals surface area contributed by atoms with Crippen LogP contribution in [0, 0.1) is 0 Å². The van der Waals surface area contributed by atoms with E-state index in [0.29, 0.717) is 35.0 Å². The van der Waals surface area contributed by atoms with Crippen LogP contribution < -0.4 is 21.5 Å². The van der Waals surface area contributed by atoms with E-state index in [1.54, 1.807) is 41.6 Å². The number of aliphatic hydroxyl groups is 1. The van der Waals surface area contributed by atoms with Crippen LogP contribution in [0.4, 0.5) is 17.3 Å². The molecule has 2 saturated carbocycles. The van der Waals surface area contributed by atoms with Crippen LogP contribution in [0.3, 0.4) is 0 Å². The molecule has 1 amide bonds. The van der Waals surface area contributed by atoms with E-state index in [4.69, 9.17) is 4.74 Å². The van der Waals surface area contributed by atoms with Gasteiger partial charge >= 0.3 is 0 Å². The predicted molar refractivity (Wildman–Crippen MR) is 131 cm³/mol. The Morgan fingerprint density at radius 1 is 1.26 bits per heavy atom. The number of carbonyl (C=O) groups is 1. The van der Waals surface area contributed by atoms with Crippen molar-refractivity contribution in [2.45, 2.75) is 62.8 Å². The fraction of sp³-hybridized carbons (Fsp3) is 0.500. The van der Waals surface area contributed by atoms with Gasteiger partial charge in [0.05, 0.1) is 24.4 Å². The minimum atomic E-state index is -0.384. The van der Waals surface area contributed by atoms with Gasteiger partial charge in [0.2, 0.25) is 0 Å². The molecule has 5 rings (SSSR count). The Balaban J connectivity index is 1.44. The maximum atomic E-state index is 13.2. The van der Waals surface area contributed by atoms with E-state index in [-0.39, 0.29) is 35.8 Å². The molecule has 0 spiro atoms. The van der Waals surface area contributed by atoms with Crippen LogP contribution in [0.5, 0.6) is 0 Å². The lowest BCUT2D eigenvalue weighted by molar-refractivity contribution is 0.00732. The fourth-order valence-electron chi connectivity index (χ4n) is 4.95. The van der Waals surface area contributed by atoms with Gasteiger partial charge in [0, 0.05) is 32.5 Å². The molecule has 0 bridgehead atoms. The lowest BCUT2D eigenvalue weighted by atomic mass is 9.89. The van der Waals surface area contributed by atoms with Crippen LogP contribution in [0.2, 0.25) is 0 Å². The molecule has 0 aromatic carbocycles. The molecule has 11 heteroatoms. The molecule has 1 unspecified atom stereocenters. The van der Waals surface area contributed by atoms with Crippen LogP contribution in [0.15, 0.2) is 35.4 Å². The molecule has 4 atom stereocenters. The van der Waals surface area contributed by atoms with Gasteiger partial charge in [-0.2, -0.15) is 9.61 Å². The van der Waals surface area contributed by atoms with Crippen molar-refractivity contribution < 1.29 is 14.6 Å². The number of pyridine rings is 1. The zero-order chi connectivity index (χ0) is 24.5. The maximum absolute atomic E-state index is 13.2. The first-order valence-corrected chi connectivity index (χ1v) is 12.0. The Morgan fingerprint density at radius 3 is 2.83 bits per heavy atom. The van der Waals surface area contributed by atoms with Crippen molar-refractivity contribution in [3.05, 3.63) is 46.5 Å². The number of ether oxygens (including phenoxy) is 1. The zero-order valence-corrected chi connectivity index (χ0v) is 19.9. The largest absolute Gasteiger partial charge is 0.393 e. The quantitative estimate of drug-likeness (QED) is 0.403. The van der Waals surface area contributed by atoms with Crippen molar-refractivity contribution in [3.63, 3.8) is 0 Å². The second-order valence-electron chi connectivity index (χ2n) is 9.24. The summed E-state index contributed by atoms with van der Waals surface area (Å²) in [6.45, 7) is 0. The molecule has 4 N–H and O–H groups in total. The number of nitrogens with one attached hydrogen (secondary N) is 3. The first-order valence-electron chi connectivity index (χ1n) is 12.0. The standard InChI is InChI=1S/C24H31N7O4/c1-25-21-12-20(27-18-7-4-10-30(24(18)34)14-5-3-6-15(32)11-14)29-22-16(13-26-31(21)22)23(33)28-17-8-9-19(17)35-2/h4,7,10,12-15,17,19,25,32H,3,5-6,8-9,11H2,1-2H3,(H,27,29)(H,28,33)/t14?,15-,17+,19+/m0/s1. The normalized spacial score (nSPS) is 24.1. The highest BCUT2D eigenvalue weighted by atomic mass is 16.5. The third kappa shape index (κ3) is 4.48. The summed E-state index contributed by atoms with van der Waals surface area (Å²) in [6, 6.07) is 5.17. The molecular formula is C24H31N7O4. The van der Waals surface area contributed by atoms with Crippen LogP contribution in [-0.4, -0.2) is 62.6 Å². The van der Waals surface area contributed by atoms with Gasteiger partial charge in [-0.05, 0) is 50.7 Å². The minimum Gasteiger partial charge on any atom is -0.393 e. The first kappa shape index (κ1) is 23.3. The molecule has 186 valence electrons. The number of aromatic nitrogens is 4. The highest BCUT2D eigenvalue weighted by Crippen LogP contribution is 2.28. The van der Waals surface area contributed by atoms with Crippen LogP contribution in [0.1, 0.15) is 54.9 Å². The minimum absolute atomic E-state index is 0.0179. The smallest absolute Gasteiger partial charge is 0.274 e. The average Bonchev–Trinajstić information content (AvgIpc) is 3.27. The second-order valence-corrected chi connectivity index (χ2v) is 9.24. The number of aliphatic hydroxyl groups excluding tert-OH is 1. The number of hydrogen-bond acceptors (Lipinski definition) is 8. The number of hydrogen-bond donors (Lipinski definition) is 4. The molecule has 2 fully saturated rings. The van der Waals surface area contributed by atoms with Gasteiger partial charge in [-0.1, -0.05) is 0 Å². The van der Waals surface area contributed by atoms with Gasteiger partial charge in [-0.3, -0.25) is 9.59 Å². The van der Waals surface area contributed by atoms with Crippen molar-refractivity contribution >= 4 is 28.9 Å². The summed E-state index contributed by atoms with van der Waals surface area (Å²) in [7, 11) is 3.40.